The van der Waals surface area contributed by atoms with Crippen molar-refractivity contribution in [3.63, 3.8) is 0 Å². The molecule has 2 rings (SSSR count). The van der Waals surface area contributed by atoms with E-state index in [1.54, 1.807) is 43.5 Å². The number of ether oxygens (including phenoxy) is 3. The van der Waals surface area contributed by atoms with Crippen molar-refractivity contribution in [1.82, 2.24) is 10.2 Å². The summed E-state index contributed by atoms with van der Waals surface area (Å²) in [5.41, 5.74) is 1.27. The first-order valence-electron chi connectivity index (χ1n) is 10.2. The number of carbonyl (C=O) groups is 2. The summed E-state index contributed by atoms with van der Waals surface area (Å²) in [6.45, 7) is 7.36. The Kier molecular flexibility index (Phi) is 9.14. The molecule has 0 radical (unpaired) electrons. The van der Waals surface area contributed by atoms with Crippen molar-refractivity contribution < 1.29 is 23.8 Å². The fourth-order valence-electron chi connectivity index (χ4n) is 3.10. The zero-order valence-corrected chi connectivity index (χ0v) is 18.8. The van der Waals surface area contributed by atoms with E-state index in [-0.39, 0.29) is 11.8 Å². The Labute approximate surface area is 183 Å². The highest BCUT2D eigenvalue weighted by Crippen LogP contribution is 2.27. The lowest BCUT2D eigenvalue weighted by Crippen LogP contribution is -2.34. The van der Waals surface area contributed by atoms with Crippen LogP contribution in [0.25, 0.3) is 0 Å². The van der Waals surface area contributed by atoms with Crippen LogP contribution in [0.15, 0.2) is 36.4 Å². The van der Waals surface area contributed by atoms with Crippen molar-refractivity contribution in [3.05, 3.63) is 47.5 Å². The minimum absolute atomic E-state index is 0.223. The highest BCUT2D eigenvalue weighted by atomic mass is 16.5. The molecule has 0 fully saturated rings. The zero-order valence-electron chi connectivity index (χ0n) is 18.8. The predicted molar refractivity (Wildman–Crippen MR) is 121 cm³/mol. The van der Waals surface area contributed by atoms with Gasteiger partial charge >= 0.3 is 0 Å². The topological polar surface area (TPSA) is 89.1 Å². The molecule has 0 aromatic heterocycles. The Hall–Kier alpha value is -3.26. The Balaban J connectivity index is 2.11. The molecule has 0 atom stereocenters. The second kappa shape index (κ2) is 11.8. The molecule has 0 bridgehead atoms. The molecular formula is C23H31N3O5. The first kappa shape index (κ1) is 24.0. The summed E-state index contributed by atoms with van der Waals surface area (Å²) in [5, 5.41) is 5.71. The van der Waals surface area contributed by atoms with Gasteiger partial charge in [0.25, 0.3) is 11.8 Å². The predicted octanol–water partition coefficient (Wildman–Crippen LogP) is 3.04. The molecule has 0 aliphatic carbocycles. The molecule has 2 aromatic carbocycles. The van der Waals surface area contributed by atoms with E-state index >= 15 is 0 Å². The molecule has 0 aliphatic heterocycles. The van der Waals surface area contributed by atoms with Crippen LogP contribution >= 0.6 is 0 Å². The largest absolute Gasteiger partial charge is 0.497 e. The van der Waals surface area contributed by atoms with Gasteiger partial charge in [-0.3, -0.25) is 9.59 Å². The number of nitrogens with zero attached hydrogens (tertiary/aromatic N) is 1. The minimum Gasteiger partial charge on any atom is -0.497 e. The van der Waals surface area contributed by atoms with E-state index in [1.807, 2.05) is 0 Å². The van der Waals surface area contributed by atoms with Gasteiger partial charge in [-0.2, -0.15) is 0 Å². The average molecular weight is 430 g/mol. The summed E-state index contributed by atoms with van der Waals surface area (Å²) in [7, 11) is 4.52. The van der Waals surface area contributed by atoms with E-state index in [4.69, 9.17) is 14.2 Å². The normalized spacial score (nSPS) is 10.5. The van der Waals surface area contributed by atoms with Crippen molar-refractivity contribution >= 4 is 17.5 Å². The molecule has 0 heterocycles. The van der Waals surface area contributed by atoms with Crippen LogP contribution in [-0.4, -0.2) is 64.2 Å². The van der Waals surface area contributed by atoms with E-state index in [1.165, 1.54) is 14.2 Å². The Morgan fingerprint density at radius 3 is 2.06 bits per heavy atom. The van der Waals surface area contributed by atoms with Crippen molar-refractivity contribution in [2.45, 2.75) is 13.8 Å². The number of hydrogen-bond acceptors (Lipinski definition) is 6. The van der Waals surface area contributed by atoms with Crippen molar-refractivity contribution in [1.29, 1.82) is 0 Å². The number of hydrogen-bond donors (Lipinski definition) is 2. The summed E-state index contributed by atoms with van der Waals surface area (Å²) < 4.78 is 15.8. The van der Waals surface area contributed by atoms with Gasteiger partial charge in [0, 0.05) is 30.9 Å². The van der Waals surface area contributed by atoms with Crippen molar-refractivity contribution in [2.24, 2.45) is 0 Å². The number of rotatable bonds is 11. The van der Waals surface area contributed by atoms with Gasteiger partial charge in [-0.1, -0.05) is 13.8 Å². The molecule has 2 amide bonds. The smallest absolute Gasteiger partial charge is 0.259 e. The van der Waals surface area contributed by atoms with Crippen molar-refractivity contribution in [2.75, 3.05) is 52.8 Å². The number of amides is 2. The molecule has 31 heavy (non-hydrogen) atoms. The quantitative estimate of drug-likeness (QED) is 0.571. The SMILES string of the molecule is CCN(CC)CCNC(=O)c1ccc(NC(=O)c2ccc(OC)cc2OC)cc1OC. The summed E-state index contributed by atoms with van der Waals surface area (Å²) in [5.74, 6) is 0.788. The third-order valence-electron chi connectivity index (χ3n) is 4.97. The van der Waals surface area contributed by atoms with Crippen molar-refractivity contribution in [3.8, 4) is 17.2 Å². The number of nitrogens with one attached hydrogen (secondary N) is 2. The lowest BCUT2D eigenvalue weighted by molar-refractivity contribution is 0.0945. The maximum Gasteiger partial charge on any atom is 0.259 e. The van der Waals surface area contributed by atoms with Gasteiger partial charge in [0.1, 0.15) is 17.2 Å². The number of carbonyl (C=O) groups excluding carboxylic acids is 2. The van der Waals surface area contributed by atoms with Gasteiger partial charge in [0.2, 0.25) is 0 Å². The Bertz CT molecular complexity index is 897. The summed E-state index contributed by atoms with van der Waals surface area (Å²) in [6, 6.07) is 9.86. The lowest BCUT2D eigenvalue weighted by atomic mass is 10.1. The number of benzene rings is 2. The van der Waals surface area contributed by atoms with Gasteiger partial charge in [-0.25, -0.2) is 0 Å². The second-order valence-corrected chi connectivity index (χ2v) is 6.72. The summed E-state index contributed by atoms with van der Waals surface area (Å²) in [6.07, 6.45) is 0. The molecule has 0 spiro atoms. The van der Waals surface area contributed by atoms with Crippen LogP contribution < -0.4 is 24.8 Å². The maximum atomic E-state index is 12.7. The number of likely N-dealkylation sites (N-methyl/N-ethyl adjacent to an activating group) is 1. The molecule has 2 aromatic rings. The molecule has 8 nitrogen and oxygen atoms in total. The van der Waals surface area contributed by atoms with Crippen LogP contribution in [0, 0.1) is 0 Å². The second-order valence-electron chi connectivity index (χ2n) is 6.72. The van der Waals surface area contributed by atoms with Gasteiger partial charge in [-0.15, -0.1) is 0 Å². The van der Waals surface area contributed by atoms with Gasteiger partial charge in [0.15, 0.2) is 0 Å². The monoisotopic (exact) mass is 429 g/mol. The Morgan fingerprint density at radius 2 is 1.45 bits per heavy atom. The molecule has 8 heteroatoms. The highest BCUT2D eigenvalue weighted by Gasteiger charge is 2.17. The van der Waals surface area contributed by atoms with E-state index in [9.17, 15) is 9.59 Å². The third-order valence-corrected chi connectivity index (χ3v) is 4.97. The molecule has 2 N–H and O–H groups in total. The molecule has 0 saturated carbocycles. The van der Waals surface area contributed by atoms with Crippen LogP contribution in [-0.2, 0) is 0 Å². The molecular weight excluding hydrogens is 398 g/mol. The van der Waals surface area contributed by atoms with Gasteiger partial charge in [0.05, 0.1) is 32.5 Å². The summed E-state index contributed by atoms with van der Waals surface area (Å²) >= 11 is 0. The first-order chi connectivity index (χ1) is 15.0. The van der Waals surface area contributed by atoms with Crippen LogP contribution in [0.3, 0.4) is 0 Å². The van der Waals surface area contributed by atoms with E-state index < -0.39 is 0 Å². The number of anilines is 1. The maximum absolute atomic E-state index is 12.7. The van der Waals surface area contributed by atoms with Crippen LogP contribution in [0.5, 0.6) is 17.2 Å². The van der Waals surface area contributed by atoms with E-state index in [0.717, 1.165) is 19.6 Å². The van der Waals surface area contributed by atoms with E-state index in [0.29, 0.717) is 40.6 Å². The van der Waals surface area contributed by atoms with E-state index in [2.05, 4.69) is 29.4 Å². The fourth-order valence-corrected chi connectivity index (χ4v) is 3.10. The molecule has 0 unspecified atom stereocenters. The summed E-state index contributed by atoms with van der Waals surface area (Å²) in [4.78, 5) is 27.5. The first-order valence-corrected chi connectivity index (χ1v) is 10.2. The molecule has 0 aliphatic rings. The zero-order chi connectivity index (χ0) is 22.8. The van der Waals surface area contributed by atoms with Gasteiger partial charge < -0.3 is 29.7 Å². The number of methoxy groups -OCH3 is 3. The molecule has 168 valence electrons. The highest BCUT2D eigenvalue weighted by molar-refractivity contribution is 6.07. The molecule has 0 saturated heterocycles. The van der Waals surface area contributed by atoms with Crippen LogP contribution in [0.1, 0.15) is 34.6 Å². The lowest BCUT2D eigenvalue weighted by Gasteiger charge is -2.18. The van der Waals surface area contributed by atoms with Crippen LogP contribution in [0.4, 0.5) is 5.69 Å². The van der Waals surface area contributed by atoms with Crippen LogP contribution in [0.2, 0.25) is 0 Å². The Morgan fingerprint density at radius 1 is 0.839 bits per heavy atom. The average Bonchev–Trinajstić information content (AvgIpc) is 2.80. The standard InChI is InChI=1S/C23H31N3O5/c1-6-26(7-2)13-12-24-22(27)18-10-8-16(14-20(18)30-4)25-23(28)19-11-9-17(29-3)15-21(19)31-5/h8-11,14-15H,6-7,12-13H2,1-5H3,(H,24,27)(H,25,28). The third kappa shape index (κ3) is 6.36. The van der Waals surface area contributed by atoms with Gasteiger partial charge in [-0.05, 0) is 37.4 Å². The minimum atomic E-state index is -0.349. The fraction of sp³-hybridized carbons (Fsp3) is 0.391.